The number of hydrogen-bond donors (Lipinski definition) is 1. The number of aryl methyl sites for hydroxylation is 2. The molecule has 1 aromatic heterocycles. The number of nitrogens with one attached hydrogen (secondary N) is 1. The Morgan fingerprint density at radius 1 is 1.04 bits per heavy atom. The van der Waals surface area contributed by atoms with Crippen LogP contribution in [0, 0.1) is 27.7 Å². The molecule has 0 saturated heterocycles. The number of anilines is 1. The highest BCUT2D eigenvalue weighted by atomic mass is 16.1. The van der Waals surface area contributed by atoms with Crippen molar-refractivity contribution in [3.8, 4) is 5.69 Å². The largest absolute Gasteiger partial charge is 0.322 e. The van der Waals surface area contributed by atoms with Crippen molar-refractivity contribution in [1.82, 2.24) is 9.78 Å². The van der Waals surface area contributed by atoms with Crippen LogP contribution in [0.25, 0.3) is 5.69 Å². The van der Waals surface area contributed by atoms with Crippen LogP contribution in [0.4, 0.5) is 5.69 Å². The van der Waals surface area contributed by atoms with Crippen LogP contribution in [0.3, 0.4) is 0 Å². The number of carbonyl (C=O) groups is 1. The van der Waals surface area contributed by atoms with Gasteiger partial charge in [-0.1, -0.05) is 24.3 Å². The van der Waals surface area contributed by atoms with Gasteiger partial charge < -0.3 is 5.32 Å². The van der Waals surface area contributed by atoms with Gasteiger partial charge in [-0.05, 0) is 62.6 Å². The van der Waals surface area contributed by atoms with Crippen LogP contribution in [-0.2, 0) is 0 Å². The van der Waals surface area contributed by atoms with Crippen LogP contribution in [0.2, 0.25) is 0 Å². The smallest absolute Gasteiger partial charge is 0.259 e. The van der Waals surface area contributed by atoms with Gasteiger partial charge in [-0.3, -0.25) is 4.79 Å². The van der Waals surface area contributed by atoms with Crippen LogP contribution in [-0.4, -0.2) is 15.7 Å². The van der Waals surface area contributed by atoms with Crippen molar-refractivity contribution in [3.05, 3.63) is 76.6 Å². The number of aromatic nitrogens is 2. The summed E-state index contributed by atoms with van der Waals surface area (Å²) in [5.41, 5.74) is 6.58. The van der Waals surface area contributed by atoms with E-state index in [0.717, 1.165) is 33.8 Å². The highest BCUT2D eigenvalue weighted by Crippen LogP contribution is 2.20. The van der Waals surface area contributed by atoms with Gasteiger partial charge in [0.25, 0.3) is 5.91 Å². The van der Waals surface area contributed by atoms with Crippen LogP contribution in [0.1, 0.15) is 32.7 Å². The molecule has 3 rings (SSSR count). The lowest BCUT2D eigenvalue weighted by Crippen LogP contribution is -2.14. The van der Waals surface area contributed by atoms with Gasteiger partial charge >= 0.3 is 0 Å². The number of carbonyl (C=O) groups excluding carboxylic acids is 1. The van der Waals surface area contributed by atoms with E-state index in [1.807, 2.05) is 70.2 Å². The van der Waals surface area contributed by atoms with Crippen molar-refractivity contribution in [3.63, 3.8) is 0 Å². The summed E-state index contributed by atoms with van der Waals surface area (Å²) in [5.74, 6) is -0.139. The summed E-state index contributed by atoms with van der Waals surface area (Å²) in [6, 6.07) is 14.0. The van der Waals surface area contributed by atoms with E-state index in [9.17, 15) is 4.79 Å². The van der Waals surface area contributed by atoms with Crippen molar-refractivity contribution in [1.29, 1.82) is 0 Å². The Balaban J connectivity index is 1.90. The number of hydrogen-bond acceptors (Lipinski definition) is 2. The summed E-state index contributed by atoms with van der Waals surface area (Å²) in [5, 5.41) is 7.38. The molecule has 1 N–H and O–H groups in total. The molecular formula is C20H21N3O. The molecule has 3 aromatic rings. The van der Waals surface area contributed by atoms with E-state index < -0.39 is 0 Å². The third-order valence-electron chi connectivity index (χ3n) is 4.35. The summed E-state index contributed by atoms with van der Waals surface area (Å²) in [6.07, 6.45) is 1.62. The Labute approximate surface area is 142 Å². The van der Waals surface area contributed by atoms with Gasteiger partial charge in [0.15, 0.2) is 0 Å². The summed E-state index contributed by atoms with van der Waals surface area (Å²) in [6.45, 7) is 7.99. The highest BCUT2D eigenvalue weighted by Gasteiger charge is 2.16. The molecule has 1 amide bonds. The fourth-order valence-electron chi connectivity index (χ4n) is 2.73. The molecule has 0 aliphatic rings. The van der Waals surface area contributed by atoms with Gasteiger partial charge in [-0.2, -0.15) is 5.10 Å². The Hall–Kier alpha value is -2.88. The molecular weight excluding hydrogens is 298 g/mol. The first-order valence-electron chi connectivity index (χ1n) is 7.96. The molecule has 0 unspecified atom stereocenters. The van der Waals surface area contributed by atoms with E-state index >= 15 is 0 Å². The van der Waals surface area contributed by atoms with Crippen LogP contribution < -0.4 is 5.32 Å². The van der Waals surface area contributed by atoms with Crippen molar-refractivity contribution in [2.75, 3.05) is 5.32 Å². The average Bonchev–Trinajstić information content (AvgIpc) is 2.93. The maximum Gasteiger partial charge on any atom is 0.259 e. The first-order valence-corrected chi connectivity index (χ1v) is 7.96. The SMILES string of the molecule is Cc1cccc(-n2ncc(C(=O)Nc3cccc(C)c3C)c2C)c1. The van der Waals surface area contributed by atoms with Gasteiger partial charge in [0.2, 0.25) is 0 Å². The second-order valence-electron chi connectivity index (χ2n) is 6.10. The van der Waals surface area contributed by atoms with Crippen LogP contribution in [0.15, 0.2) is 48.7 Å². The summed E-state index contributed by atoms with van der Waals surface area (Å²) >= 11 is 0. The molecule has 4 heteroatoms. The number of amides is 1. The summed E-state index contributed by atoms with van der Waals surface area (Å²) in [4.78, 5) is 12.6. The van der Waals surface area contributed by atoms with Gasteiger partial charge in [0.05, 0.1) is 23.1 Å². The maximum absolute atomic E-state index is 12.6. The van der Waals surface area contributed by atoms with E-state index in [4.69, 9.17) is 0 Å². The maximum atomic E-state index is 12.6. The van der Waals surface area contributed by atoms with Crippen LogP contribution >= 0.6 is 0 Å². The van der Waals surface area contributed by atoms with E-state index in [1.54, 1.807) is 10.9 Å². The lowest BCUT2D eigenvalue weighted by atomic mass is 10.1. The molecule has 1 heterocycles. The molecule has 0 fully saturated rings. The van der Waals surface area contributed by atoms with E-state index in [2.05, 4.69) is 10.4 Å². The van der Waals surface area contributed by atoms with Crippen molar-refractivity contribution < 1.29 is 4.79 Å². The normalized spacial score (nSPS) is 10.7. The summed E-state index contributed by atoms with van der Waals surface area (Å²) in [7, 11) is 0. The molecule has 0 bridgehead atoms. The predicted octanol–water partition coefficient (Wildman–Crippen LogP) is 4.36. The Morgan fingerprint density at radius 3 is 2.54 bits per heavy atom. The second-order valence-corrected chi connectivity index (χ2v) is 6.10. The monoisotopic (exact) mass is 319 g/mol. The molecule has 0 spiro atoms. The van der Waals surface area contributed by atoms with E-state index in [0.29, 0.717) is 5.56 Å². The quantitative estimate of drug-likeness (QED) is 0.780. The zero-order valence-electron chi connectivity index (χ0n) is 14.4. The highest BCUT2D eigenvalue weighted by molar-refractivity contribution is 6.05. The standard InChI is InChI=1S/C20H21N3O/c1-13-7-5-9-17(11-13)23-16(4)18(12-21-23)20(24)22-19-10-6-8-14(2)15(19)3/h5-12H,1-4H3,(H,22,24). The topological polar surface area (TPSA) is 46.9 Å². The minimum Gasteiger partial charge on any atom is -0.322 e. The third kappa shape index (κ3) is 2.95. The molecule has 0 saturated carbocycles. The van der Waals surface area contributed by atoms with E-state index in [1.165, 1.54) is 0 Å². The molecule has 0 radical (unpaired) electrons. The van der Waals surface area contributed by atoms with Gasteiger partial charge in [0.1, 0.15) is 0 Å². The molecule has 4 nitrogen and oxygen atoms in total. The van der Waals surface area contributed by atoms with E-state index in [-0.39, 0.29) is 5.91 Å². The van der Waals surface area contributed by atoms with Crippen molar-refractivity contribution in [2.24, 2.45) is 0 Å². The van der Waals surface area contributed by atoms with Gasteiger partial charge in [-0.15, -0.1) is 0 Å². The molecule has 2 aromatic carbocycles. The first kappa shape index (κ1) is 16.0. The fourth-order valence-corrected chi connectivity index (χ4v) is 2.73. The lowest BCUT2D eigenvalue weighted by Gasteiger charge is -2.10. The Morgan fingerprint density at radius 2 is 1.79 bits per heavy atom. The zero-order chi connectivity index (χ0) is 17.3. The first-order chi connectivity index (χ1) is 11.5. The lowest BCUT2D eigenvalue weighted by molar-refractivity contribution is 0.102. The molecule has 24 heavy (non-hydrogen) atoms. The van der Waals surface area contributed by atoms with Crippen molar-refractivity contribution >= 4 is 11.6 Å². The second kappa shape index (κ2) is 6.32. The zero-order valence-corrected chi connectivity index (χ0v) is 14.4. The molecule has 0 aliphatic heterocycles. The Kier molecular flexibility index (Phi) is 4.21. The number of rotatable bonds is 3. The number of benzene rings is 2. The molecule has 122 valence electrons. The molecule has 0 atom stereocenters. The van der Waals surface area contributed by atoms with Gasteiger partial charge in [-0.25, -0.2) is 4.68 Å². The van der Waals surface area contributed by atoms with Crippen molar-refractivity contribution in [2.45, 2.75) is 27.7 Å². The third-order valence-corrected chi connectivity index (χ3v) is 4.35. The summed E-state index contributed by atoms with van der Waals surface area (Å²) < 4.78 is 1.80. The minimum absolute atomic E-state index is 0.139. The number of nitrogens with zero attached hydrogens (tertiary/aromatic N) is 2. The Bertz CT molecular complexity index is 909. The van der Waals surface area contributed by atoms with Gasteiger partial charge in [0, 0.05) is 5.69 Å². The fraction of sp³-hybridized carbons (Fsp3) is 0.200. The minimum atomic E-state index is -0.139. The molecule has 0 aliphatic carbocycles. The van der Waals surface area contributed by atoms with Crippen LogP contribution in [0.5, 0.6) is 0 Å². The average molecular weight is 319 g/mol. The predicted molar refractivity (Wildman–Crippen MR) is 96.9 cm³/mol.